The first kappa shape index (κ1) is 15.3. The van der Waals surface area contributed by atoms with Crippen molar-refractivity contribution >= 4 is 0 Å². The van der Waals surface area contributed by atoms with E-state index in [-0.39, 0.29) is 5.82 Å². The lowest BCUT2D eigenvalue weighted by atomic mass is 9.70. The highest BCUT2D eigenvalue weighted by Crippen LogP contribution is 2.37. The summed E-state index contributed by atoms with van der Waals surface area (Å²) in [7, 11) is 1.52. The molecule has 0 saturated heterocycles. The van der Waals surface area contributed by atoms with E-state index in [4.69, 9.17) is 4.74 Å². The van der Waals surface area contributed by atoms with Crippen LogP contribution in [0.1, 0.15) is 32.3 Å². The highest BCUT2D eigenvalue weighted by molar-refractivity contribution is 5.31. The summed E-state index contributed by atoms with van der Waals surface area (Å²) >= 11 is 0. The van der Waals surface area contributed by atoms with E-state index >= 15 is 0 Å². The van der Waals surface area contributed by atoms with E-state index in [2.05, 4.69) is 19.2 Å². The normalized spacial score (nSPS) is 21.9. The summed E-state index contributed by atoms with van der Waals surface area (Å²) in [6.07, 6.45) is 3.31. The van der Waals surface area contributed by atoms with Crippen LogP contribution in [0.15, 0.2) is 18.2 Å². The second-order valence-corrected chi connectivity index (χ2v) is 6.29. The number of benzene rings is 1. The number of hydrogen-bond donors (Lipinski definition) is 1. The van der Waals surface area contributed by atoms with Gasteiger partial charge in [-0.2, -0.15) is 0 Å². The molecule has 1 saturated carbocycles. The maximum Gasteiger partial charge on any atom is 0.168 e. The van der Waals surface area contributed by atoms with Crippen LogP contribution in [-0.2, 0) is 6.42 Å². The van der Waals surface area contributed by atoms with Crippen molar-refractivity contribution in [3.63, 3.8) is 0 Å². The number of halogens is 1. The van der Waals surface area contributed by atoms with Crippen molar-refractivity contribution in [3.8, 4) is 5.75 Å². The molecule has 0 heterocycles. The average molecular weight is 279 g/mol. The SMILES string of the molecule is COc1cccc(CC2CCC2CNCC(C)C)c1F. The van der Waals surface area contributed by atoms with Crippen molar-refractivity contribution in [2.24, 2.45) is 17.8 Å². The molecule has 20 heavy (non-hydrogen) atoms. The van der Waals surface area contributed by atoms with Crippen LogP contribution < -0.4 is 10.1 Å². The van der Waals surface area contributed by atoms with Gasteiger partial charge < -0.3 is 10.1 Å². The molecule has 1 N–H and O–H groups in total. The summed E-state index contributed by atoms with van der Waals surface area (Å²) in [5, 5.41) is 3.52. The Kier molecular flexibility index (Phi) is 5.41. The molecule has 1 aliphatic rings. The third-order valence-electron chi connectivity index (χ3n) is 4.28. The number of methoxy groups -OCH3 is 1. The maximum atomic E-state index is 14.1. The molecule has 0 amide bonds. The van der Waals surface area contributed by atoms with Crippen molar-refractivity contribution in [2.75, 3.05) is 20.2 Å². The monoisotopic (exact) mass is 279 g/mol. The maximum absolute atomic E-state index is 14.1. The molecule has 2 rings (SSSR count). The summed E-state index contributed by atoms with van der Waals surface area (Å²) in [6.45, 7) is 6.57. The van der Waals surface area contributed by atoms with Crippen molar-refractivity contribution < 1.29 is 9.13 Å². The summed E-state index contributed by atoms with van der Waals surface area (Å²) in [5.41, 5.74) is 0.794. The topological polar surface area (TPSA) is 21.3 Å². The second kappa shape index (κ2) is 7.07. The van der Waals surface area contributed by atoms with Gasteiger partial charge in [0, 0.05) is 0 Å². The Labute approximate surface area is 121 Å². The Hall–Kier alpha value is -1.09. The van der Waals surface area contributed by atoms with Crippen LogP contribution in [0.4, 0.5) is 4.39 Å². The molecule has 2 unspecified atom stereocenters. The Morgan fingerprint density at radius 1 is 1.30 bits per heavy atom. The van der Waals surface area contributed by atoms with E-state index in [9.17, 15) is 4.39 Å². The molecule has 1 fully saturated rings. The molecule has 2 atom stereocenters. The molecule has 1 aromatic carbocycles. The lowest BCUT2D eigenvalue weighted by molar-refractivity contribution is 0.168. The zero-order chi connectivity index (χ0) is 14.5. The Balaban J connectivity index is 1.87. The molecule has 0 spiro atoms. The van der Waals surface area contributed by atoms with Gasteiger partial charge in [-0.1, -0.05) is 26.0 Å². The third-order valence-corrected chi connectivity index (χ3v) is 4.28. The molecule has 2 nitrogen and oxygen atoms in total. The summed E-state index contributed by atoms with van der Waals surface area (Å²) in [4.78, 5) is 0. The zero-order valence-corrected chi connectivity index (χ0v) is 12.8. The molecule has 0 aliphatic heterocycles. The summed E-state index contributed by atoms with van der Waals surface area (Å²) in [5.74, 6) is 2.16. The van der Waals surface area contributed by atoms with Crippen molar-refractivity contribution in [2.45, 2.75) is 33.1 Å². The first-order chi connectivity index (χ1) is 9.61. The lowest BCUT2D eigenvalue weighted by Gasteiger charge is -2.37. The van der Waals surface area contributed by atoms with Crippen LogP contribution >= 0.6 is 0 Å². The minimum Gasteiger partial charge on any atom is -0.494 e. The molecule has 1 aliphatic carbocycles. The van der Waals surface area contributed by atoms with Crippen molar-refractivity contribution in [3.05, 3.63) is 29.6 Å². The van der Waals surface area contributed by atoms with E-state index in [1.807, 2.05) is 12.1 Å². The predicted molar refractivity (Wildman–Crippen MR) is 80.6 cm³/mol. The van der Waals surface area contributed by atoms with Gasteiger partial charge in [-0.3, -0.25) is 0 Å². The zero-order valence-electron chi connectivity index (χ0n) is 12.8. The lowest BCUT2D eigenvalue weighted by Crippen LogP contribution is -2.37. The summed E-state index contributed by atoms with van der Waals surface area (Å²) < 4.78 is 19.2. The van der Waals surface area contributed by atoms with Gasteiger partial charge in [-0.05, 0) is 61.7 Å². The summed E-state index contributed by atoms with van der Waals surface area (Å²) in [6, 6.07) is 5.44. The minimum absolute atomic E-state index is 0.184. The first-order valence-corrected chi connectivity index (χ1v) is 7.64. The second-order valence-electron chi connectivity index (χ2n) is 6.29. The largest absolute Gasteiger partial charge is 0.494 e. The van der Waals surface area contributed by atoms with Crippen LogP contribution in [0.25, 0.3) is 0 Å². The fraction of sp³-hybridized carbons (Fsp3) is 0.647. The van der Waals surface area contributed by atoms with E-state index < -0.39 is 0 Å². The Morgan fingerprint density at radius 2 is 2.05 bits per heavy atom. The highest BCUT2D eigenvalue weighted by Gasteiger charge is 2.31. The average Bonchev–Trinajstić information content (AvgIpc) is 2.41. The van der Waals surface area contributed by atoms with Gasteiger partial charge in [0.2, 0.25) is 0 Å². The van der Waals surface area contributed by atoms with E-state index in [0.717, 1.165) is 25.1 Å². The van der Waals surface area contributed by atoms with Crippen molar-refractivity contribution in [1.82, 2.24) is 5.32 Å². The number of rotatable bonds is 7. The number of ether oxygens (including phenoxy) is 1. The Bertz CT molecular complexity index is 433. The van der Waals surface area contributed by atoms with E-state index in [1.165, 1.54) is 20.0 Å². The van der Waals surface area contributed by atoms with Gasteiger partial charge in [-0.15, -0.1) is 0 Å². The smallest absolute Gasteiger partial charge is 0.168 e. The van der Waals surface area contributed by atoms with Crippen molar-refractivity contribution in [1.29, 1.82) is 0 Å². The molecule has 0 radical (unpaired) electrons. The molecular formula is C17H26FNO. The number of hydrogen-bond acceptors (Lipinski definition) is 2. The minimum atomic E-state index is -0.184. The van der Waals surface area contributed by atoms with Gasteiger partial charge in [0.05, 0.1) is 7.11 Å². The quantitative estimate of drug-likeness (QED) is 0.822. The first-order valence-electron chi connectivity index (χ1n) is 7.64. The van der Waals surface area contributed by atoms with Gasteiger partial charge in [0.15, 0.2) is 11.6 Å². The Morgan fingerprint density at radius 3 is 2.65 bits per heavy atom. The number of nitrogens with one attached hydrogen (secondary N) is 1. The van der Waals surface area contributed by atoms with Gasteiger partial charge in [0.1, 0.15) is 0 Å². The molecule has 1 aromatic rings. The molecule has 0 aromatic heterocycles. The van der Waals surface area contributed by atoms with Crippen LogP contribution in [0.3, 0.4) is 0 Å². The molecule has 0 bridgehead atoms. The van der Waals surface area contributed by atoms with Crippen LogP contribution in [0.2, 0.25) is 0 Å². The van der Waals surface area contributed by atoms with Crippen LogP contribution in [0, 0.1) is 23.6 Å². The molecule has 112 valence electrons. The third kappa shape index (κ3) is 3.72. The van der Waals surface area contributed by atoms with Crippen LogP contribution in [0.5, 0.6) is 5.75 Å². The fourth-order valence-corrected chi connectivity index (χ4v) is 2.89. The van der Waals surface area contributed by atoms with Gasteiger partial charge in [0.25, 0.3) is 0 Å². The standard InChI is InChI=1S/C17H26FNO/c1-12(2)10-19-11-15-8-7-13(15)9-14-5-4-6-16(20-3)17(14)18/h4-6,12-13,15,19H,7-11H2,1-3H3. The molecular weight excluding hydrogens is 253 g/mol. The van der Waals surface area contributed by atoms with Crippen LogP contribution in [-0.4, -0.2) is 20.2 Å². The predicted octanol–water partition coefficient (Wildman–Crippen LogP) is 3.65. The molecule has 3 heteroatoms. The van der Waals surface area contributed by atoms with E-state index in [1.54, 1.807) is 6.07 Å². The van der Waals surface area contributed by atoms with Gasteiger partial charge in [-0.25, -0.2) is 4.39 Å². The highest BCUT2D eigenvalue weighted by atomic mass is 19.1. The van der Waals surface area contributed by atoms with Gasteiger partial charge >= 0.3 is 0 Å². The fourth-order valence-electron chi connectivity index (χ4n) is 2.89. The van der Waals surface area contributed by atoms with E-state index in [0.29, 0.717) is 23.5 Å².